The van der Waals surface area contributed by atoms with E-state index in [1.165, 1.54) is 44.1 Å². The summed E-state index contributed by atoms with van der Waals surface area (Å²) in [4.78, 5) is 43.4. The Morgan fingerprint density at radius 3 is 2.02 bits per heavy atom. The molecule has 1 saturated heterocycles. The van der Waals surface area contributed by atoms with E-state index in [9.17, 15) is 27.4 Å². The van der Waals surface area contributed by atoms with Gasteiger partial charge < -0.3 is 9.74 Å². The van der Waals surface area contributed by atoms with E-state index in [1.807, 2.05) is 42.5 Å². The summed E-state index contributed by atoms with van der Waals surface area (Å²) in [7, 11) is -4.01. The smallest absolute Gasteiger partial charge is 0.333 e. The van der Waals surface area contributed by atoms with Gasteiger partial charge in [0.1, 0.15) is 6.54 Å². The van der Waals surface area contributed by atoms with Crippen molar-refractivity contribution in [2.45, 2.75) is 89.9 Å². The van der Waals surface area contributed by atoms with Gasteiger partial charge in [0.05, 0.1) is 11.2 Å². The molecule has 0 aromatic heterocycles. The van der Waals surface area contributed by atoms with Gasteiger partial charge in [0.2, 0.25) is 5.69 Å². The number of nitrogens with zero attached hydrogens (tertiary/aromatic N) is 3. The minimum atomic E-state index is -4.01. The third-order valence-corrected chi connectivity index (χ3v) is 13.0. The van der Waals surface area contributed by atoms with Crippen LogP contribution in [0.1, 0.15) is 90.2 Å². The van der Waals surface area contributed by atoms with Crippen LogP contribution in [0.25, 0.3) is 21.5 Å². The Hall–Kier alpha value is -5.91. The van der Waals surface area contributed by atoms with Crippen LogP contribution in [-0.2, 0) is 40.2 Å². The van der Waals surface area contributed by atoms with Crippen molar-refractivity contribution in [3.8, 4) is 0 Å². The molecule has 7 rings (SSSR count). The number of imide groups is 1. The van der Waals surface area contributed by atoms with Gasteiger partial charge in [-0.2, -0.15) is 13.0 Å². The minimum Gasteiger partial charge on any atom is -0.344 e. The Balaban J connectivity index is 1.03. The molecule has 0 saturated carbocycles. The molecular formula is C51H56N3O7S+. The van der Waals surface area contributed by atoms with Crippen molar-refractivity contribution >= 4 is 66.5 Å². The Morgan fingerprint density at radius 2 is 1.34 bits per heavy atom. The molecule has 3 aliphatic rings. The lowest BCUT2D eigenvalue weighted by Crippen LogP contribution is -2.31. The summed E-state index contributed by atoms with van der Waals surface area (Å²) >= 11 is 0. The Bertz CT molecular complexity index is 2690. The number of rotatable bonds is 17. The predicted octanol–water partition coefficient (Wildman–Crippen LogP) is 10.1. The Morgan fingerprint density at radius 1 is 0.726 bits per heavy atom. The molecule has 4 aromatic rings. The number of benzene rings is 4. The van der Waals surface area contributed by atoms with E-state index in [0.29, 0.717) is 30.9 Å². The fourth-order valence-electron chi connectivity index (χ4n) is 9.24. The quantitative estimate of drug-likeness (QED) is 0.0366. The first-order chi connectivity index (χ1) is 29.7. The van der Waals surface area contributed by atoms with Crippen LogP contribution in [-0.4, -0.2) is 64.9 Å². The maximum Gasteiger partial charge on any atom is 0.333 e. The normalized spacial score (nSPS) is 18.0. The lowest BCUT2D eigenvalue weighted by molar-refractivity contribution is -0.438. The van der Waals surface area contributed by atoms with Gasteiger partial charge in [0.25, 0.3) is 21.9 Å². The zero-order valence-electron chi connectivity index (χ0n) is 36.0. The predicted molar refractivity (Wildman–Crippen MR) is 247 cm³/mol. The van der Waals surface area contributed by atoms with Crippen molar-refractivity contribution in [2.75, 3.05) is 23.7 Å². The van der Waals surface area contributed by atoms with E-state index in [4.69, 9.17) is 4.84 Å². The molecule has 0 spiro atoms. The molecule has 3 heterocycles. The van der Waals surface area contributed by atoms with Gasteiger partial charge in [0.15, 0.2) is 5.71 Å². The number of fused-ring (bicyclic) bond motifs is 6. The summed E-state index contributed by atoms with van der Waals surface area (Å²) in [5, 5.41) is 5.42. The number of unbranched alkanes of at least 4 members (excludes halogenated alkanes) is 3. The van der Waals surface area contributed by atoms with Gasteiger partial charge in [-0.05, 0) is 84.8 Å². The average molecular weight is 855 g/mol. The van der Waals surface area contributed by atoms with Gasteiger partial charge in [-0.1, -0.05) is 111 Å². The molecule has 0 radical (unpaired) electrons. The van der Waals surface area contributed by atoms with Crippen molar-refractivity contribution in [3.63, 3.8) is 0 Å². The zero-order valence-corrected chi connectivity index (χ0v) is 36.9. The molecule has 11 heteroatoms. The van der Waals surface area contributed by atoms with E-state index < -0.39 is 27.9 Å². The first-order valence-corrected chi connectivity index (χ1v) is 23.2. The second kappa shape index (κ2) is 18.6. The van der Waals surface area contributed by atoms with Crippen LogP contribution in [0.2, 0.25) is 0 Å². The third-order valence-electron chi connectivity index (χ3n) is 12.2. The molecule has 10 nitrogen and oxygen atoms in total. The highest BCUT2D eigenvalue weighted by Gasteiger charge is 2.45. The monoisotopic (exact) mass is 854 g/mol. The van der Waals surface area contributed by atoms with Crippen LogP contribution in [0.3, 0.4) is 0 Å². The second-order valence-corrected chi connectivity index (χ2v) is 18.8. The summed E-state index contributed by atoms with van der Waals surface area (Å²) in [6.07, 6.45) is 22.0. The number of hydrogen-bond donors (Lipinski definition) is 1. The van der Waals surface area contributed by atoms with Gasteiger partial charge in [-0.15, -0.1) is 5.06 Å². The molecule has 1 fully saturated rings. The molecule has 0 atom stereocenters. The van der Waals surface area contributed by atoms with Crippen molar-refractivity contribution < 1.29 is 36.8 Å². The lowest BCUT2D eigenvalue weighted by atomic mass is 9.79. The van der Waals surface area contributed by atoms with E-state index in [-0.39, 0.29) is 35.8 Å². The molecule has 322 valence electrons. The Labute approximate surface area is 365 Å². The van der Waals surface area contributed by atoms with E-state index in [0.717, 1.165) is 30.8 Å². The zero-order chi connectivity index (χ0) is 44.1. The summed E-state index contributed by atoms with van der Waals surface area (Å²) in [6, 6.07) is 25.6. The van der Waals surface area contributed by atoms with Crippen molar-refractivity contribution in [1.82, 2.24) is 5.06 Å². The summed E-state index contributed by atoms with van der Waals surface area (Å²) in [5.41, 5.74) is 6.60. The van der Waals surface area contributed by atoms with Crippen molar-refractivity contribution in [3.05, 3.63) is 144 Å². The maximum absolute atomic E-state index is 12.4. The number of anilines is 1. The van der Waals surface area contributed by atoms with Crippen LogP contribution < -0.4 is 4.90 Å². The number of carbonyl (C=O) groups is 3. The highest BCUT2D eigenvalue weighted by atomic mass is 32.2. The van der Waals surface area contributed by atoms with Gasteiger partial charge in [-0.3, -0.25) is 14.1 Å². The fourth-order valence-corrected chi connectivity index (χ4v) is 9.81. The van der Waals surface area contributed by atoms with Crippen LogP contribution >= 0.6 is 0 Å². The molecule has 4 aromatic carbocycles. The second-order valence-electron chi connectivity index (χ2n) is 17.2. The summed E-state index contributed by atoms with van der Waals surface area (Å²) in [6.45, 7) is 10.4. The first-order valence-electron chi connectivity index (χ1n) is 21.6. The minimum absolute atomic E-state index is 0.0766. The fraction of sp³-hybridized carbons (Fsp3) is 0.333. The van der Waals surface area contributed by atoms with E-state index >= 15 is 0 Å². The van der Waals surface area contributed by atoms with Crippen LogP contribution in [0, 0.1) is 0 Å². The van der Waals surface area contributed by atoms with Crippen LogP contribution in [0.5, 0.6) is 0 Å². The third kappa shape index (κ3) is 9.44. The summed E-state index contributed by atoms with van der Waals surface area (Å²) in [5.74, 6) is -1.75. The molecule has 62 heavy (non-hydrogen) atoms. The number of carbonyl (C=O) groups excluding carboxylic acids is 3. The van der Waals surface area contributed by atoms with Crippen LogP contribution in [0.15, 0.2) is 133 Å². The highest BCUT2D eigenvalue weighted by molar-refractivity contribution is 7.85. The Kier molecular flexibility index (Phi) is 13.2. The molecule has 3 aliphatic heterocycles. The largest absolute Gasteiger partial charge is 0.344 e. The highest BCUT2D eigenvalue weighted by Crippen LogP contribution is 2.51. The molecule has 1 N–H and O–H groups in total. The number of amides is 2. The first kappa shape index (κ1) is 44.2. The standard InChI is InChI=1S/C51H55N3O7S/c1-50(2)43(52(41-30-28-37-21-14-16-23-39(37)48(41)50)34-18-10-13-27-47(57)61-54-45(55)32-33-46(54)56)25-11-8-6-5-7-9-12-26-44-51(3,4)49-40-24-17-15-22-38(40)29-31-42(49)53(44)35-19-20-36-62(58,59)60/h5-9,11-12,14-17,21-26,28-31H,10,13,18-20,27,32-36H2,1-4H3/p+1. The summed E-state index contributed by atoms with van der Waals surface area (Å²) < 4.78 is 34.5. The number of hydrogen-bond acceptors (Lipinski definition) is 7. The molecule has 0 unspecified atom stereocenters. The van der Waals surface area contributed by atoms with Crippen molar-refractivity contribution in [2.24, 2.45) is 0 Å². The van der Waals surface area contributed by atoms with Gasteiger partial charge in [0, 0.05) is 66.7 Å². The maximum atomic E-state index is 12.4. The number of hydroxylamine groups is 2. The van der Waals surface area contributed by atoms with Gasteiger partial charge >= 0.3 is 5.97 Å². The van der Waals surface area contributed by atoms with Gasteiger partial charge in [-0.25, -0.2) is 4.79 Å². The number of allylic oxidation sites excluding steroid dienone is 10. The molecule has 0 aliphatic carbocycles. The molecule has 0 bridgehead atoms. The molecule has 2 amide bonds. The average Bonchev–Trinajstić information content (AvgIpc) is 3.76. The SMILES string of the molecule is CC1(C)C(/C=C/C=C/C=C/C=C/C=C2/N(CCCCS(=O)(=O)O)c3ccc4ccccc4c3C2(C)C)=[N+](CCCCCC(=O)ON2C(=O)CCC2=O)c2ccc3ccccc3c21. The van der Waals surface area contributed by atoms with Crippen molar-refractivity contribution in [1.29, 1.82) is 0 Å². The lowest BCUT2D eigenvalue weighted by Gasteiger charge is -2.27. The van der Waals surface area contributed by atoms with E-state index in [1.54, 1.807) is 0 Å². The topological polar surface area (TPSA) is 124 Å². The molecular weight excluding hydrogens is 799 g/mol. The van der Waals surface area contributed by atoms with Crippen LogP contribution in [0.4, 0.5) is 11.4 Å². The van der Waals surface area contributed by atoms with E-state index in [2.05, 4.69) is 122 Å².